The summed E-state index contributed by atoms with van der Waals surface area (Å²) in [5.74, 6) is 2.00. The van der Waals surface area contributed by atoms with Crippen molar-refractivity contribution >= 4 is 30.8 Å². The number of hydrogen-bond acceptors (Lipinski definition) is 9. The van der Waals surface area contributed by atoms with Crippen LogP contribution in [0.25, 0.3) is 22.2 Å². The van der Waals surface area contributed by atoms with Crippen molar-refractivity contribution in [3.63, 3.8) is 0 Å². The summed E-state index contributed by atoms with van der Waals surface area (Å²) in [6.07, 6.45) is 6.61. The van der Waals surface area contributed by atoms with E-state index in [1.165, 1.54) is 6.33 Å². The van der Waals surface area contributed by atoms with E-state index >= 15 is 0 Å². The topological polar surface area (TPSA) is 107 Å². The van der Waals surface area contributed by atoms with E-state index in [1.54, 1.807) is 7.11 Å². The van der Waals surface area contributed by atoms with Gasteiger partial charge in [0.1, 0.15) is 36.2 Å². The normalized spacial score (nSPS) is 21.0. The van der Waals surface area contributed by atoms with Gasteiger partial charge in [-0.3, -0.25) is 4.79 Å². The maximum Gasteiger partial charge on any atom is 0.228 e. The minimum Gasteiger partial charge on any atom is -0.480 e. The first-order valence-corrected chi connectivity index (χ1v) is 19.8. The number of nitrogens with one attached hydrogen (secondary N) is 1. The number of methoxy groups -OCH3 is 1. The van der Waals surface area contributed by atoms with Gasteiger partial charge in [0.15, 0.2) is 0 Å². The Morgan fingerprint density at radius 3 is 2.52 bits per heavy atom. The molecule has 12 heteroatoms. The molecule has 238 valence electrons. The standard InChI is InChI=1S/C32H47N7O4Si/c1-6-37-11-13-38(14-12-37)18-22-17-25(22)30(40)36-27-10-9-24-26(19-39(29(24)35-27)21-42-15-16-44(3,4)5)28-31(41-2)33-20-34-32(28)43-23-7-8-23/h9-10,19-20,22-23,25H,6-8,11-18,21H2,1-5H3,(H,35,36,40)/t22-,25+/m0/s1. The van der Waals surface area contributed by atoms with Crippen molar-refractivity contribution in [2.24, 2.45) is 11.8 Å². The van der Waals surface area contributed by atoms with Gasteiger partial charge in [-0.15, -0.1) is 0 Å². The molecule has 3 aromatic rings. The number of hydrogen-bond donors (Lipinski definition) is 1. The van der Waals surface area contributed by atoms with Crippen LogP contribution >= 0.6 is 0 Å². The molecule has 4 heterocycles. The zero-order valence-electron chi connectivity index (χ0n) is 26.8. The third-order valence-electron chi connectivity index (χ3n) is 8.91. The van der Waals surface area contributed by atoms with Gasteiger partial charge in [-0.2, -0.15) is 0 Å². The number of ether oxygens (including phenoxy) is 3. The first kappa shape index (κ1) is 30.9. The van der Waals surface area contributed by atoms with Gasteiger partial charge in [0, 0.05) is 70.5 Å². The van der Waals surface area contributed by atoms with Crippen molar-refractivity contribution in [3.05, 3.63) is 24.7 Å². The number of fused-ring (bicyclic) bond motifs is 1. The molecular weight excluding hydrogens is 574 g/mol. The smallest absolute Gasteiger partial charge is 0.228 e. The van der Waals surface area contributed by atoms with Gasteiger partial charge in [0.2, 0.25) is 17.7 Å². The Kier molecular flexibility index (Phi) is 9.23. The number of rotatable bonds is 14. The Morgan fingerprint density at radius 2 is 1.82 bits per heavy atom. The highest BCUT2D eigenvalue weighted by atomic mass is 28.3. The molecule has 3 aromatic heterocycles. The molecule has 1 saturated heterocycles. The fourth-order valence-electron chi connectivity index (χ4n) is 5.85. The van der Waals surface area contributed by atoms with E-state index in [4.69, 9.17) is 19.2 Å². The molecule has 1 N–H and O–H groups in total. The number of likely N-dealkylation sites (N-methyl/N-ethyl adjacent to an activating group) is 1. The number of piperazine rings is 1. The molecule has 0 radical (unpaired) electrons. The summed E-state index contributed by atoms with van der Waals surface area (Å²) in [6, 6.07) is 4.94. The minimum atomic E-state index is -1.24. The molecule has 0 spiro atoms. The van der Waals surface area contributed by atoms with Crippen molar-refractivity contribution in [1.82, 2.24) is 29.3 Å². The lowest BCUT2D eigenvalue weighted by atomic mass is 10.1. The van der Waals surface area contributed by atoms with Crippen LogP contribution in [0, 0.1) is 11.8 Å². The molecule has 0 bridgehead atoms. The van der Waals surface area contributed by atoms with Crippen LogP contribution in [0.15, 0.2) is 24.7 Å². The van der Waals surface area contributed by atoms with Crippen LogP contribution in [0.2, 0.25) is 25.7 Å². The lowest BCUT2D eigenvalue weighted by Gasteiger charge is -2.34. The lowest BCUT2D eigenvalue weighted by Crippen LogP contribution is -2.46. The Morgan fingerprint density at radius 1 is 1.07 bits per heavy atom. The van der Waals surface area contributed by atoms with Crippen LogP contribution in [-0.2, 0) is 16.3 Å². The third-order valence-corrected chi connectivity index (χ3v) is 10.6. The number of aromatic nitrogens is 4. The summed E-state index contributed by atoms with van der Waals surface area (Å²) in [5.41, 5.74) is 2.28. The summed E-state index contributed by atoms with van der Waals surface area (Å²) in [7, 11) is 0.369. The average Bonchev–Trinajstić information content (AvgIpc) is 3.94. The molecule has 3 fully saturated rings. The molecule has 2 atom stereocenters. The second-order valence-electron chi connectivity index (χ2n) is 13.6. The fraction of sp³-hybridized carbons (Fsp3) is 0.625. The molecule has 2 aliphatic carbocycles. The molecule has 1 amide bonds. The number of anilines is 1. The van der Waals surface area contributed by atoms with Gasteiger partial charge < -0.3 is 33.9 Å². The zero-order valence-corrected chi connectivity index (χ0v) is 27.8. The van der Waals surface area contributed by atoms with Crippen molar-refractivity contribution < 1.29 is 19.0 Å². The third kappa shape index (κ3) is 7.41. The summed E-state index contributed by atoms with van der Waals surface area (Å²) >= 11 is 0. The number of carbonyl (C=O) groups excluding carboxylic acids is 1. The summed E-state index contributed by atoms with van der Waals surface area (Å²) in [4.78, 5) is 32.0. The molecule has 44 heavy (non-hydrogen) atoms. The van der Waals surface area contributed by atoms with Gasteiger partial charge in [-0.05, 0) is 49.9 Å². The Bertz CT molecular complexity index is 1460. The van der Waals surface area contributed by atoms with Crippen LogP contribution in [0.4, 0.5) is 5.82 Å². The Labute approximate surface area is 261 Å². The molecular formula is C32H47N7O4Si. The predicted octanol–water partition coefficient (Wildman–Crippen LogP) is 4.57. The first-order valence-electron chi connectivity index (χ1n) is 16.1. The van der Waals surface area contributed by atoms with Gasteiger partial charge in [-0.25, -0.2) is 15.0 Å². The van der Waals surface area contributed by atoms with Gasteiger partial charge in [-0.1, -0.05) is 26.6 Å². The van der Waals surface area contributed by atoms with Crippen LogP contribution in [0.5, 0.6) is 11.8 Å². The van der Waals surface area contributed by atoms with E-state index in [-0.39, 0.29) is 17.9 Å². The second kappa shape index (κ2) is 13.1. The zero-order chi connectivity index (χ0) is 30.8. The van der Waals surface area contributed by atoms with Gasteiger partial charge in [0.05, 0.1) is 7.11 Å². The SMILES string of the molecule is CCN1CCN(C[C@@H]2C[C@H]2C(=O)Nc2ccc3c(-c4c(OC)ncnc4OC4CC4)cn(COCC[Si](C)(C)C)c3n2)CC1. The van der Waals surface area contributed by atoms with Crippen molar-refractivity contribution in [2.45, 2.75) is 64.7 Å². The monoisotopic (exact) mass is 621 g/mol. The largest absolute Gasteiger partial charge is 0.480 e. The van der Waals surface area contributed by atoms with Crippen LogP contribution in [0.3, 0.4) is 0 Å². The van der Waals surface area contributed by atoms with E-state index < -0.39 is 8.07 Å². The van der Waals surface area contributed by atoms with Crippen LogP contribution < -0.4 is 14.8 Å². The molecule has 1 aliphatic heterocycles. The van der Waals surface area contributed by atoms with Crippen LogP contribution in [0.1, 0.15) is 26.2 Å². The molecule has 0 aromatic carbocycles. The molecule has 2 saturated carbocycles. The average molecular weight is 622 g/mol. The minimum absolute atomic E-state index is 0.0387. The second-order valence-corrected chi connectivity index (χ2v) is 19.3. The molecule has 3 aliphatic rings. The van der Waals surface area contributed by atoms with Crippen LogP contribution in [-0.4, -0.2) is 102 Å². The van der Waals surface area contributed by atoms with E-state index in [9.17, 15) is 4.79 Å². The molecule has 6 rings (SSSR count). The maximum atomic E-state index is 13.3. The highest BCUT2D eigenvalue weighted by molar-refractivity contribution is 6.76. The van der Waals surface area contributed by atoms with Gasteiger partial charge >= 0.3 is 0 Å². The lowest BCUT2D eigenvalue weighted by molar-refractivity contribution is -0.117. The number of carbonyl (C=O) groups is 1. The van der Waals surface area contributed by atoms with Crippen molar-refractivity contribution in [3.8, 4) is 22.9 Å². The molecule has 11 nitrogen and oxygen atoms in total. The Balaban J connectivity index is 1.22. The number of amides is 1. The summed E-state index contributed by atoms with van der Waals surface area (Å²) in [6.45, 7) is 16.8. The summed E-state index contributed by atoms with van der Waals surface area (Å²) < 4.78 is 20.0. The quantitative estimate of drug-likeness (QED) is 0.205. The van der Waals surface area contributed by atoms with E-state index in [0.29, 0.717) is 42.4 Å². The van der Waals surface area contributed by atoms with E-state index in [0.717, 1.165) is 81.2 Å². The van der Waals surface area contributed by atoms with E-state index in [1.807, 2.05) is 22.9 Å². The van der Waals surface area contributed by atoms with Crippen molar-refractivity contribution in [1.29, 1.82) is 0 Å². The molecule has 0 unspecified atom stereocenters. The first-order chi connectivity index (χ1) is 21.2. The summed E-state index contributed by atoms with van der Waals surface area (Å²) in [5, 5.41) is 4.00. The van der Waals surface area contributed by atoms with Gasteiger partial charge in [0.25, 0.3) is 0 Å². The van der Waals surface area contributed by atoms with Crippen molar-refractivity contribution in [2.75, 3.05) is 58.3 Å². The predicted molar refractivity (Wildman–Crippen MR) is 174 cm³/mol. The highest BCUT2D eigenvalue weighted by Gasteiger charge is 2.44. The van der Waals surface area contributed by atoms with E-state index in [2.05, 4.69) is 51.6 Å². The Hall–Kier alpha value is -3.06. The highest BCUT2D eigenvalue weighted by Crippen LogP contribution is 2.43. The number of nitrogens with zero attached hydrogens (tertiary/aromatic N) is 6. The maximum absolute atomic E-state index is 13.3. The number of pyridine rings is 1. The fourth-order valence-corrected chi connectivity index (χ4v) is 6.61.